The van der Waals surface area contributed by atoms with Crippen molar-refractivity contribution < 1.29 is 4.74 Å². The molecule has 19 heavy (non-hydrogen) atoms. The van der Waals surface area contributed by atoms with Gasteiger partial charge in [-0.2, -0.15) is 0 Å². The van der Waals surface area contributed by atoms with Crippen LogP contribution in [0.25, 0.3) is 0 Å². The van der Waals surface area contributed by atoms with Crippen molar-refractivity contribution in [2.24, 2.45) is 5.73 Å². The highest BCUT2D eigenvalue weighted by Gasteiger charge is 2.09. The lowest BCUT2D eigenvalue weighted by atomic mass is 10.1. The van der Waals surface area contributed by atoms with Crippen LogP contribution in [0.1, 0.15) is 51.5 Å². The lowest BCUT2D eigenvalue weighted by molar-refractivity contribution is 0.206. The number of rotatable bonds is 8. The molecule has 0 aliphatic carbocycles. The summed E-state index contributed by atoms with van der Waals surface area (Å²) in [6, 6.07) is 5.43. The minimum absolute atomic E-state index is 0.171. The number of unbranched alkanes of at least 4 members (excludes halogenated alkanes) is 3. The normalized spacial score (nSPS) is 12.2. The van der Waals surface area contributed by atoms with Gasteiger partial charge in [0.2, 0.25) is 0 Å². The van der Waals surface area contributed by atoms with Gasteiger partial charge in [0.1, 0.15) is 10.7 Å². The Labute approximate surface area is 126 Å². The van der Waals surface area contributed by atoms with Crippen molar-refractivity contribution in [3.63, 3.8) is 0 Å². The standard InChI is InChI=1S/C15H22ClNOS/c1-3-4-5-6-7-11(2)18-14-9-8-12(15(17)19)10-13(14)16/h8-11H,3-7H2,1-2H3,(H2,17,19). The Morgan fingerprint density at radius 2 is 2.11 bits per heavy atom. The molecule has 0 saturated carbocycles. The molecule has 1 aromatic carbocycles. The van der Waals surface area contributed by atoms with Crippen molar-refractivity contribution in [1.29, 1.82) is 0 Å². The number of hydrogen-bond donors (Lipinski definition) is 1. The van der Waals surface area contributed by atoms with Crippen molar-refractivity contribution in [3.8, 4) is 5.75 Å². The van der Waals surface area contributed by atoms with E-state index < -0.39 is 0 Å². The van der Waals surface area contributed by atoms with Crippen LogP contribution in [0.4, 0.5) is 0 Å². The fourth-order valence-electron chi connectivity index (χ4n) is 1.88. The fourth-order valence-corrected chi connectivity index (χ4v) is 2.24. The van der Waals surface area contributed by atoms with E-state index in [2.05, 4.69) is 13.8 Å². The number of benzene rings is 1. The van der Waals surface area contributed by atoms with Crippen molar-refractivity contribution in [2.75, 3.05) is 0 Å². The lowest BCUT2D eigenvalue weighted by Gasteiger charge is -2.16. The average molecular weight is 300 g/mol. The van der Waals surface area contributed by atoms with Crippen molar-refractivity contribution in [2.45, 2.75) is 52.1 Å². The fraction of sp³-hybridized carbons (Fsp3) is 0.533. The number of halogens is 1. The molecule has 1 unspecified atom stereocenters. The molecular formula is C15H22ClNOS. The number of thiocarbonyl (C=S) groups is 1. The highest BCUT2D eigenvalue weighted by Crippen LogP contribution is 2.27. The third-order valence-electron chi connectivity index (χ3n) is 3.01. The van der Waals surface area contributed by atoms with Gasteiger partial charge in [-0.3, -0.25) is 0 Å². The minimum atomic E-state index is 0.171. The summed E-state index contributed by atoms with van der Waals surface area (Å²) in [5.74, 6) is 0.699. The molecule has 0 aliphatic rings. The molecular weight excluding hydrogens is 278 g/mol. The van der Waals surface area contributed by atoms with E-state index in [1.165, 1.54) is 25.7 Å². The molecule has 0 heterocycles. The van der Waals surface area contributed by atoms with Gasteiger partial charge in [0, 0.05) is 5.56 Å². The van der Waals surface area contributed by atoms with Gasteiger partial charge in [0.15, 0.2) is 0 Å². The topological polar surface area (TPSA) is 35.2 Å². The summed E-state index contributed by atoms with van der Waals surface area (Å²) in [5, 5.41) is 0.561. The summed E-state index contributed by atoms with van der Waals surface area (Å²) in [6.07, 6.45) is 6.21. The zero-order valence-corrected chi connectivity index (χ0v) is 13.2. The third-order valence-corrected chi connectivity index (χ3v) is 3.54. The Bertz CT molecular complexity index is 423. The summed E-state index contributed by atoms with van der Waals surface area (Å²) >= 11 is 11.1. The van der Waals surface area contributed by atoms with E-state index in [1.54, 1.807) is 6.07 Å². The maximum Gasteiger partial charge on any atom is 0.138 e. The summed E-state index contributed by atoms with van der Waals surface area (Å²) in [7, 11) is 0. The maximum atomic E-state index is 6.16. The Morgan fingerprint density at radius 3 is 2.68 bits per heavy atom. The average Bonchev–Trinajstić information content (AvgIpc) is 2.37. The zero-order valence-electron chi connectivity index (χ0n) is 11.6. The molecule has 0 fully saturated rings. The molecule has 0 bridgehead atoms. The molecule has 2 N–H and O–H groups in total. The van der Waals surface area contributed by atoms with Crippen LogP contribution < -0.4 is 10.5 Å². The summed E-state index contributed by atoms with van der Waals surface area (Å²) in [6.45, 7) is 4.28. The molecule has 4 heteroatoms. The van der Waals surface area contributed by atoms with Gasteiger partial charge in [-0.1, -0.05) is 50.0 Å². The Kier molecular flexibility index (Phi) is 7.17. The van der Waals surface area contributed by atoms with E-state index in [0.29, 0.717) is 15.8 Å². The second kappa shape index (κ2) is 8.39. The van der Waals surface area contributed by atoms with Crippen molar-refractivity contribution >= 4 is 28.8 Å². The molecule has 0 aliphatic heterocycles. The molecule has 106 valence electrons. The second-order valence-corrected chi connectivity index (χ2v) is 5.63. The van der Waals surface area contributed by atoms with Crippen LogP contribution in [0, 0.1) is 0 Å². The highest BCUT2D eigenvalue weighted by molar-refractivity contribution is 7.80. The van der Waals surface area contributed by atoms with Gasteiger partial charge < -0.3 is 10.5 Å². The maximum absolute atomic E-state index is 6.16. The first-order chi connectivity index (χ1) is 9.04. The number of ether oxygens (including phenoxy) is 1. The first kappa shape index (κ1) is 16.3. The van der Waals surface area contributed by atoms with Gasteiger partial charge >= 0.3 is 0 Å². The molecule has 1 atom stereocenters. The van der Waals surface area contributed by atoms with Crippen LogP contribution in [0.3, 0.4) is 0 Å². The molecule has 0 spiro atoms. The molecule has 0 saturated heterocycles. The van der Waals surface area contributed by atoms with Crippen LogP contribution in [0.5, 0.6) is 5.75 Å². The Morgan fingerprint density at radius 1 is 1.37 bits per heavy atom. The van der Waals surface area contributed by atoms with Crippen LogP contribution in [0.15, 0.2) is 18.2 Å². The molecule has 2 nitrogen and oxygen atoms in total. The first-order valence-corrected chi connectivity index (χ1v) is 7.59. The molecule has 1 aromatic rings. The Hall–Kier alpha value is -0.800. The van der Waals surface area contributed by atoms with Crippen LogP contribution in [-0.2, 0) is 0 Å². The highest BCUT2D eigenvalue weighted by atomic mass is 35.5. The largest absolute Gasteiger partial charge is 0.489 e. The second-order valence-electron chi connectivity index (χ2n) is 4.79. The monoisotopic (exact) mass is 299 g/mol. The molecule has 0 radical (unpaired) electrons. The summed E-state index contributed by atoms with van der Waals surface area (Å²) in [5.41, 5.74) is 6.33. The van der Waals surface area contributed by atoms with Crippen LogP contribution in [0.2, 0.25) is 5.02 Å². The molecule has 1 rings (SSSR count). The van der Waals surface area contributed by atoms with Gasteiger partial charge in [-0.15, -0.1) is 0 Å². The third kappa shape index (κ3) is 5.79. The van der Waals surface area contributed by atoms with Gasteiger partial charge in [-0.05, 0) is 38.0 Å². The lowest BCUT2D eigenvalue weighted by Crippen LogP contribution is -2.13. The predicted octanol–water partition coefficient (Wildman–Crippen LogP) is 4.71. The first-order valence-electron chi connectivity index (χ1n) is 6.80. The van der Waals surface area contributed by atoms with Gasteiger partial charge in [0.05, 0.1) is 11.1 Å². The van der Waals surface area contributed by atoms with E-state index >= 15 is 0 Å². The van der Waals surface area contributed by atoms with Crippen molar-refractivity contribution in [3.05, 3.63) is 28.8 Å². The van der Waals surface area contributed by atoms with E-state index in [-0.39, 0.29) is 6.10 Å². The summed E-state index contributed by atoms with van der Waals surface area (Å²) in [4.78, 5) is 0.348. The van der Waals surface area contributed by atoms with Crippen LogP contribution in [-0.4, -0.2) is 11.1 Å². The van der Waals surface area contributed by atoms with Gasteiger partial charge in [0.25, 0.3) is 0 Å². The summed E-state index contributed by atoms with van der Waals surface area (Å²) < 4.78 is 5.84. The SMILES string of the molecule is CCCCCCC(C)Oc1ccc(C(N)=S)cc1Cl. The van der Waals surface area contributed by atoms with E-state index in [4.69, 9.17) is 34.3 Å². The number of nitrogens with two attached hydrogens (primary N) is 1. The Balaban J connectivity index is 2.50. The van der Waals surface area contributed by atoms with E-state index in [9.17, 15) is 0 Å². The minimum Gasteiger partial charge on any atom is -0.489 e. The van der Waals surface area contributed by atoms with E-state index in [1.807, 2.05) is 12.1 Å². The predicted molar refractivity (Wildman–Crippen MR) is 86.2 cm³/mol. The zero-order chi connectivity index (χ0) is 14.3. The van der Waals surface area contributed by atoms with Gasteiger partial charge in [-0.25, -0.2) is 0 Å². The smallest absolute Gasteiger partial charge is 0.138 e. The molecule has 0 amide bonds. The van der Waals surface area contributed by atoms with E-state index in [0.717, 1.165) is 12.0 Å². The number of hydrogen-bond acceptors (Lipinski definition) is 2. The molecule has 0 aromatic heterocycles. The van der Waals surface area contributed by atoms with Crippen LogP contribution >= 0.6 is 23.8 Å². The quantitative estimate of drug-likeness (QED) is 0.557. The van der Waals surface area contributed by atoms with Crippen molar-refractivity contribution in [1.82, 2.24) is 0 Å².